The molecule has 0 bridgehead atoms. The van der Waals surface area contributed by atoms with Crippen LogP contribution in [0.3, 0.4) is 0 Å². The van der Waals surface area contributed by atoms with E-state index in [1.54, 1.807) is 6.92 Å². The Bertz CT molecular complexity index is 255. The summed E-state index contributed by atoms with van der Waals surface area (Å²) in [5, 5.41) is 8.65. The third-order valence-corrected chi connectivity index (χ3v) is 2.94. The maximum atomic E-state index is 10.7. The molecule has 0 saturated carbocycles. The second-order valence-electron chi connectivity index (χ2n) is 3.22. The molecule has 0 aromatic rings. The average Bonchev–Trinajstić information content (AvgIpc) is 1.95. The molecular weight excluding hydrogens is 192 g/mol. The molecule has 1 unspecified atom stereocenters. The maximum absolute atomic E-state index is 10.7. The Morgan fingerprint density at radius 1 is 1.46 bits per heavy atom. The van der Waals surface area contributed by atoms with Crippen LogP contribution in [0.4, 0.5) is 0 Å². The normalized spacial score (nSPS) is 14.0. The Hall–Kier alpha value is -0.580. The minimum Gasteiger partial charge on any atom is -0.481 e. The highest BCUT2D eigenvalue weighted by molar-refractivity contribution is 7.90. The molecule has 0 aliphatic heterocycles. The fourth-order valence-electron chi connectivity index (χ4n) is 1.09. The fourth-order valence-corrected chi connectivity index (χ4v) is 1.79. The highest BCUT2D eigenvalue weighted by Gasteiger charge is 2.15. The van der Waals surface area contributed by atoms with Crippen molar-refractivity contribution < 1.29 is 18.3 Å². The molecule has 0 saturated heterocycles. The van der Waals surface area contributed by atoms with Crippen LogP contribution in [-0.4, -0.2) is 31.5 Å². The van der Waals surface area contributed by atoms with Gasteiger partial charge in [-0.25, -0.2) is 8.42 Å². The number of aliphatic carboxylic acids is 1. The number of carbonyl (C=O) groups is 1. The number of hydrogen-bond acceptors (Lipinski definition) is 3. The summed E-state index contributed by atoms with van der Waals surface area (Å²) in [5.41, 5.74) is 0. The summed E-state index contributed by atoms with van der Waals surface area (Å²) in [6.07, 6.45) is 2.59. The SMILES string of the molecule is CCC(CCCS(C)(=O)=O)C(=O)O. The molecule has 0 fully saturated rings. The van der Waals surface area contributed by atoms with Gasteiger partial charge in [-0.1, -0.05) is 6.92 Å². The van der Waals surface area contributed by atoms with E-state index in [2.05, 4.69) is 0 Å². The molecule has 0 heterocycles. The molecule has 0 aromatic carbocycles. The van der Waals surface area contributed by atoms with Crippen LogP contribution in [0.2, 0.25) is 0 Å². The Morgan fingerprint density at radius 3 is 2.31 bits per heavy atom. The summed E-state index contributed by atoms with van der Waals surface area (Å²) in [6, 6.07) is 0. The molecule has 0 aromatic heterocycles. The number of carboxylic acids is 1. The van der Waals surface area contributed by atoms with Gasteiger partial charge in [0.25, 0.3) is 0 Å². The predicted octanol–water partition coefficient (Wildman–Crippen LogP) is 0.922. The minimum absolute atomic E-state index is 0.0801. The van der Waals surface area contributed by atoms with Crippen molar-refractivity contribution >= 4 is 15.8 Å². The lowest BCUT2D eigenvalue weighted by Gasteiger charge is -2.07. The number of rotatable bonds is 6. The van der Waals surface area contributed by atoms with Gasteiger partial charge in [-0.15, -0.1) is 0 Å². The molecule has 0 spiro atoms. The van der Waals surface area contributed by atoms with Gasteiger partial charge < -0.3 is 5.11 Å². The third-order valence-electron chi connectivity index (χ3n) is 1.91. The lowest BCUT2D eigenvalue weighted by atomic mass is 10.0. The molecule has 5 heteroatoms. The van der Waals surface area contributed by atoms with Gasteiger partial charge in [-0.3, -0.25) is 4.79 Å². The zero-order chi connectivity index (χ0) is 10.5. The second kappa shape index (κ2) is 5.21. The van der Waals surface area contributed by atoms with Gasteiger partial charge in [0.1, 0.15) is 9.84 Å². The van der Waals surface area contributed by atoms with Gasteiger partial charge in [0.05, 0.1) is 5.92 Å². The van der Waals surface area contributed by atoms with Crippen molar-refractivity contribution in [3.05, 3.63) is 0 Å². The third kappa shape index (κ3) is 6.57. The molecule has 0 rings (SSSR count). The second-order valence-corrected chi connectivity index (χ2v) is 5.48. The molecule has 1 atom stereocenters. The summed E-state index contributed by atoms with van der Waals surface area (Å²) in [4.78, 5) is 10.5. The molecule has 1 N–H and O–H groups in total. The van der Waals surface area contributed by atoms with Gasteiger partial charge in [0.2, 0.25) is 0 Å². The minimum atomic E-state index is -2.95. The Labute approximate surface area is 78.9 Å². The predicted molar refractivity (Wildman–Crippen MR) is 50.4 cm³/mol. The highest BCUT2D eigenvalue weighted by Crippen LogP contribution is 2.11. The Kier molecular flexibility index (Phi) is 4.98. The lowest BCUT2D eigenvalue weighted by Crippen LogP contribution is -2.14. The van der Waals surface area contributed by atoms with Gasteiger partial charge in [0.15, 0.2) is 0 Å². The van der Waals surface area contributed by atoms with Crippen LogP contribution in [0.15, 0.2) is 0 Å². The van der Waals surface area contributed by atoms with E-state index in [0.717, 1.165) is 6.26 Å². The van der Waals surface area contributed by atoms with Crippen molar-refractivity contribution in [1.82, 2.24) is 0 Å². The van der Waals surface area contributed by atoms with E-state index in [-0.39, 0.29) is 5.75 Å². The quantitative estimate of drug-likeness (QED) is 0.704. The zero-order valence-corrected chi connectivity index (χ0v) is 8.80. The van der Waals surface area contributed by atoms with Crippen LogP contribution in [0, 0.1) is 5.92 Å². The summed E-state index contributed by atoms with van der Waals surface area (Å²) in [7, 11) is -2.95. The average molecular weight is 208 g/mol. The maximum Gasteiger partial charge on any atom is 0.306 e. The molecule has 13 heavy (non-hydrogen) atoms. The van der Waals surface area contributed by atoms with E-state index < -0.39 is 21.7 Å². The molecule has 0 amide bonds. The first-order valence-corrected chi connectivity index (χ1v) is 6.33. The monoisotopic (exact) mass is 208 g/mol. The number of carboxylic acid groups (broad SMARTS) is 1. The first-order valence-electron chi connectivity index (χ1n) is 4.27. The van der Waals surface area contributed by atoms with Crippen molar-refractivity contribution in [2.24, 2.45) is 5.92 Å². The molecule has 0 radical (unpaired) electrons. The topological polar surface area (TPSA) is 71.4 Å². The Morgan fingerprint density at radius 2 is 2.00 bits per heavy atom. The summed E-state index contributed by atoms with van der Waals surface area (Å²) in [6.45, 7) is 1.79. The first-order chi connectivity index (χ1) is 5.87. The Balaban J connectivity index is 3.81. The van der Waals surface area contributed by atoms with E-state index in [4.69, 9.17) is 5.11 Å². The van der Waals surface area contributed by atoms with Crippen LogP contribution in [0.1, 0.15) is 26.2 Å². The van der Waals surface area contributed by atoms with E-state index in [9.17, 15) is 13.2 Å². The van der Waals surface area contributed by atoms with E-state index in [1.165, 1.54) is 0 Å². The van der Waals surface area contributed by atoms with Crippen LogP contribution < -0.4 is 0 Å². The van der Waals surface area contributed by atoms with Gasteiger partial charge in [-0.2, -0.15) is 0 Å². The highest BCUT2D eigenvalue weighted by atomic mass is 32.2. The van der Waals surface area contributed by atoms with Gasteiger partial charge >= 0.3 is 5.97 Å². The van der Waals surface area contributed by atoms with Crippen molar-refractivity contribution in [3.8, 4) is 0 Å². The van der Waals surface area contributed by atoms with Crippen LogP contribution in [0.5, 0.6) is 0 Å². The van der Waals surface area contributed by atoms with E-state index in [1.807, 2.05) is 0 Å². The number of hydrogen-bond donors (Lipinski definition) is 1. The van der Waals surface area contributed by atoms with Crippen molar-refractivity contribution in [1.29, 1.82) is 0 Å². The van der Waals surface area contributed by atoms with Crippen LogP contribution >= 0.6 is 0 Å². The molecule has 0 aliphatic carbocycles. The molecular formula is C8H16O4S. The smallest absolute Gasteiger partial charge is 0.306 e. The molecule has 4 nitrogen and oxygen atoms in total. The molecule has 0 aliphatic rings. The summed E-state index contributed by atoms with van der Waals surface area (Å²) in [5.74, 6) is -1.16. The fraction of sp³-hybridized carbons (Fsp3) is 0.875. The first kappa shape index (κ1) is 12.4. The largest absolute Gasteiger partial charge is 0.481 e. The van der Waals surface area contributed by atoms with Crippen LogP contribution in [0.25, 0.3) is 0 Å². The molecule has 78 valence electrons. The van der Waals surface area contributed by atoms with Crippen molar-refractivity contribution in [2.45, 2.75) is 26.2 Å². The van der Waals surface area contributed by atoms with Gasteiger partial charge in [-0.05, 0) is 19.3 Å². The standard InChI is InChI=1S/C8H16O4S/c1-3-7(8(9)10)5-4-6-13(2,11)12/h7H,3-6H2,1-2H3,(H,9,10). The lowest BCUT2D eigenvalue weighted by molar-refractivity contribution is -0.142. The van der Waals surface area contributed by atoms with Gasteiger partial charge in [0, 0.05) is 12.0 Å². The summed E-state index contributed by atoms with van der Waals surface area (Å²) >= 11 is 0. The van der Waals surface area contributed by atoms with Crippen LogP contribution in [-0.2, 0) is 14.6 Å². The van der Waals surface area contributed by atoms with Crippen molar-refractivity contribution in [2.75, 3.05) is 12.0 Å². The van der Waals surface area contributed by atoms with Crippen molar-refractivity contribution in [3.63, 3.8) is 0 Å². The number of sulfone groups is 1. The van der Waals surface area contributed by atoms with E-state index in [0.29, 0.717) is 19.3 Å². The van der Waals surface area contributed by atoms with E-state index >= 15 is 0 Å². The summed E-state index contributed by atoms with van der Waals surface area (Å²) < 4.78 is 21.4. The zero-order valence-electron chi connectivity index (χ0n) is 7.99.